The van der Waals surface area contributed by atoms with Crippen LogP contribution in [0, 0.1) is 17.8 Å². The fraction of sp³-hybridized carbons (Fsp3) is 0.875. The number of rotatable bonds is 3. The van der Waals surface area contributed by atoms with E-state index in [0.717, 1.165) is 51.7 Å². The van der Waals surface area contributed by atoms with Crippen molar-refractivity contribution in [1.82, 2.24) is 10.2 Å². The van der Waals surface area contributed by atoms with Crippen molar-refractivity contribution in [2.75, 3.05) is 19.6 Å². The van der Waals surface area contributed by atoms with Gasteiger partial charge < -0.3 is 16.0 Å². The third-order valence-corrected chi connectivity index (χ3v) is 5.15. The van der Waals surface area contributed by atoms with Crippen LogP contribution in [-0.4, -0.2) is 42.4 Å². The standard InChI is InChI=1S/C16H29N3O2/c1-11-9-14(3-4-15(11)17)16(21)19-7-5-13(6-8-19)10-18-12(2)20/h11,13-15H,3-10,17H2,1-2H3,(H,18,20). The van der Waals surface area contributed by atoms with Crippen LogP contribution in [0.5, 0.6) is 0 Å². The van der Waals surface area contributed by atoms with Crippen LogP contribution >= 0.6 is 0 Å². The van der Waals surface area contributed by atoms with Crippen molar-refractivity contribution < 1.29 is 9.59 Å². The average Bonchev–Trinajstić information content (AvgIpc) is 2.48. The van der Waals surface area contributed by atoms with Gasteiger partial charge in [0.2, 0.25) is 11.8 Å². The average molecular weight is 295 g/mol. The van der Waals surface area contributed by atoms with E-state index in [1.54, 1.807) is 6.92 Å². The van der Waals surface area contributed by atoms with E-state index in [0.29, 0.717) is 17.7 Å². The molecule has 3 atom stereocenters. The number of hydrogen-bond donors (Lipinski definition) is 2. The van der Waals surface area contributed by atoms with Gasteiger partial charge in [-0.1, -0.05) is 6.92 Å². The molecule has 0 radical (unpaired) electrons. The number of nitrogens with zero attached hydrogens (tertiary/aromatic N) is 1. The molecule has 1 aliphatic heterocycles. The molecule has 0 aromatic carbocycles. The van der Waals surface area contributed by atoms with Crippen LogP contribution in [0.25, 0.3) is 0 Å². The summed E-state index contributed by atoms with van der Waals surface area (Å²) in [6.07, 6.45) is 4.83. The molecule has 1 saturated heterocycles. The number of carbonyl (C=O) groups excluding carboxylic acids is 2. The first-order valence-electron chi connectivity index (χ1n) is 8.26. The number of hydrogen-bond acceptors (Lipinski definition) is 3. The molecule has 0 bridgehead atoms. The molecule has 2 fully saturated rings. The molecule has 1 heterocycles. The molecular weight excluding hydrogens is 266 g/mol. The van der Waals surface area contributed by atoms with E-state index < -0.39 is 0 Å². The smallest absolute Gasteiger partial charge is 0.225 e. The van der Waals surface area contributed by atoms with Crippen LogP contribution in [0.4, 0.5) is 0 Å². The molecule has 0 aromatic heterocycles. The molecule has 3 unspecified atom stereocenters. The van der Waals surface area contributed by atoms with Gasteiger partial charge in [0.15, 0.2) is 0 Å². The van der Waals surface area contributed by atoms with Gasteiger partial charge in [0.25, 0.3) is 0 Å². The minimum atomic E-state index is 0.0287. The second-order valence-corrected chi connectivity index (χ2v) is 6.86. The summed E-state index contributed by atoms with van der Waals surface area (Å²) in [5.41, 5.74) is 6.04. The molecule has 5 nitrogen and oxygen atoms in total. The Hall–Kier alpha value is -1.10. The lowest BCUT2D eigenvalue weighted by molar-refractivity contribution is -0.138. The van der Waals surface area contributed by atoms with Crippen LogP contribution in [0.15, 0.2) is 0 Å². The van der Waals surface area contributed by atoms with E-state index in [1.165, 1.54) is 0 Å². The molecule has 120 valence electrons. The van der Waals surface area contributed by atoms with E-state index in [2.05, 4.69) is 12.2 Å². The normalized spacial score (nSPS) is 31.0. The van der Waals surface area contributed by atoms with Crippen LogP contribution in [0.2, 0.25) is 0 Å². The largest absolute Gasteiger partial charge is 0.356 e. The maximum Gasteiger partial charge on any atom is 0.225 e. The molecule has 21 heavy (non-hydrogen) atoms. The van der Waals surface area contributed by atoms with Gasteiger partial charge in [-0.05, 0) is 43.9 Å². The third kappa shape index (κ3) is 4.43. The molecular formula is C16H29N3O2. The van der Waals surface area contributed by atoms with Gasteiger partial charge in [0, 0.05) is 38.5 Å². The lowest BCUT2D eigenvalue weighted by atomic mass is 9.78. The van der Waals surface area contributed by atoms with Gasteiger partial charge in [0.05, 0.1) is 0 Å². The molecule has 0 aromatic rings. The molecule has 3 N–H and O–H groups in total. The zero-order valence-corrected chi connectivity index (χ0v) is 13.3. The van der Waals surface area contributed by atoms with Crippen molar-refractivity contribution in [3.05, 3.63) is 0 Å². The van der Waals surface area contributed by atoms with Gasteiger partial charge in [-0.2, -0.15) is 0 Å². The first-order valence-corrected chi connectivity index (χ1v) is 8.26. The Morgan fingerprint density at radius 3 is 2.43 bits per heavy atom. The second kappa shape index (κ2) is 7.25. The van der Waals surface area contributed by atoms with Crippen molar-refractivity contribution >= 4 is 11.8 Å². The Morgan fingerprint density at radius 2 is 1.86 bits per heavy atom. The summed E-state index contributed by atoms with van der Waals surface area (Å²) >= 11 is 0. The highest BCUT2D eigenvalue weighted by Gasteiger charge is 2.33. The molecule has 1 aliphatic carbocycles. The predicted octanol–water partition coefficient (Wildman–Crippen LogP) is 1.12. The van der Waals surface area contributed by atoms with Gasteiger partial charge in [-0.15, -0.1) is 0 Å². The summed E-state index contributed by atoms with van der Waals surface area (Å²) in [4.78, 5) is 25.6. The van der Waals surface area contributed by atoms with Gasteiger partial charge in [-0.25, -0.2) is 0 Å². The summed E-state index contributed by atoms with van der Waals surface area (Å²) in [7, 11) is 0. The van der Waals surface area contributed by atoms with E-state index in [9.17, 15) is 9.59 Å². The fourth-order valence-electron chi connectivity index (χ4n) is 3.55. The minimum Gasteiger partial charge on any atom is -0.356 e. The molecule has 1 saturated carbocycles. The highest BCUT2D eigenvalue weighted by molar-refractivity contribution is 5.79. The lowest BCUT2D eigenvalue weighted by Gasteiger charge is -2.37. The van der Waals surface area contributed by atoms with Crippen LogP contribution in [-0.2, 0) is 9.59 Å². The number of amides is 2. The van der Waals surface area contributed by atoms with Gasteiger partial charge in [0.1, 0.15) is 0 Å². The van der Waals surface area contributed by atoms with Crippen molar-refractivity contribution in [3.63, 3.8) is 0 Å². The number of piperidine rings is 1. The Morgan fingerprint density at radius 1 is 1.19 bits per heavy atom. The summed E-state index contributed by atoms with van der Waals surface area (Å²) in [6, 6.07) is 0.262. The monoisotopic (exact) mass is 295 g/mol. The molecule has 2 rings (SSSR count). The topological polar surface area (TPSA) is 75.4 Å². The van der Waals surface area contributed by atoms with Crippen molar-refractivity contribution in [3.8, 4) is 0 Å². The first-order chi connectivity index (χ1) is 9.97. The van der Waals surface area contributed by atoms with Crippen molar-refractivity contribution in [2.45, 2.75) is 52.0 Å². The molecule has 2 amide bonds. The number of likely N-dealkylation sites (tertiary alicyclic amines) is 1. The fourth-order valence-corrected chi connectivity index (χ4v) is 3.55. The van der Waals surface area contributed by atoms with E-state index >= 15 is 0 Å². The highest BCUT2D eigenvalue weighted by atomic mass is 16.2. The Balaban J connectivity index is 1.76. The summed E-state index contributed by atoms with van der Waals surface area (Å²) < 4.78 is 0. The maximum absolute atomic E-state index is 12.6. The zero-order chi connectivity index (χ0) is 15.4. The SMILES string of the molecule is CC(=O)NCC1CCN(C(=O)C2CCC(N)C(C)C2)CC1. The molecule has 0 spiro atoms. The Labute approximate surface area is 127 Å². The first kappa shape index (κ1) is 16.3. The van der Waals surface area contributed by atoms with Crippen molar-refractivity contribution in [1.29, 1.82) is 0 Å². The third-order valence-electron chi connectivity index (χ3n) is 5.15. The van der Waals surface area contributed by atoms with Crippen molar-refractivity contribution in [2.24, 2.45) is 23.5 Å². The number of nitrogens with two attached hydrogens (primary N) is 1. The second-order valence-electron chi connectivity index (χ2n) is 6.86. The molecule has 2 aliphatic rings. The van der Waals surface area contributed by atoms with Gasteiger partial charge in [-0.3, -0.25) is 9.59 Å². The Kier molecular flexibility index (Phi) is 5.62. The lowest BCUT2D eigenvalue weighted by Crippen LogP contribution is -2.46. The molecule has 5 heteroatoms. The van der Waals surface area contributed by atoms with Crippen LogP contribution in [0.1, 0.15) is 46.0 Å². The maximum atomic E-state index is 12.6. The zero-order valence-electron chi connectivity index (χ0n) is 13.3. The van der Waals surface area contributed by atoms with Crippen LogP contribution in [0.3, 0.4) is 0 Å². The van der Waals surface area contributed by atoms with Crippen LogP contribution < -0.4 is 11.1 Å². The quantitative estimate of drug-likeness (QED) is 0.819. The number of nitrogens with one attached hydrogen (secondary N) is 1. The van der Waals surface area contributed by atoms with E-state index in [-0.39, 0.29) is 17.9 Å². The number of carbonyl (C=O) groups is 2. The summed E-state index contributed by atoms with van der Waals surface area (Å²) in [5.74, 6) is 1.49. The van der Waals surface area contributed by atoms with E-state index in [4.69, 9.17) is 5.73 Å². The van der Waals surface area contributed by atoms with E-state index in [1.807, 2.05) is 4.90 Å². The Bertz CT molecular complexity index is 378. The minimum absolute atomic E-state index is 0.0287. The summed E-state index contributed by atoms with van der Waals surface area (Å²) in [5, 5.41) is 2.88. The highest BCUT2D eigenvalue weighted by Crippen LogP contribution is 2.30. The summed E-state index contributed by atoms with van der Waals surface area (Å²) in [6.45, 7) is 6.12. The predicted molar refractivity (Wildman–Crippen MR) is 82.5 cm³/mol. The van der Waals surface area contributed by atoms with Gasteiger partial charge >= 0.3 is 0 Å².